The van der Waals surface area contributed by atoms with Crippen LogP contribution in [0.25, 0.3) is 0 Å². The maximum atomic E-state index is 8.82. The van der Waals surface area contributed by atoms with Crippen molar-refractivity contribution in [3.05, 3.63) is 28.5 Å². The van der Waals surface area contributed by atoms with Crippen LogP contribution in [-0.4, -0.2) is 11.5 Å². The Balaban J connectivity index is 2.81. The molecule has 1 aromatic rings. The second-order valence-corrected chi connectivity index (χ2v) is 3.44. The van der Waals surface area contributed by atoms with Crippen LogP contribution in [0.4, 0.5) is 0 Å². The zero-order valence-corrected chi connectivity index (χ0v) is 8.87. The highest BCUT2D eigenvalue weighted by molar-refractivity contribution is 9.10. The number of halogens is 1. The maximum Gasteiger partial charge on any atom is 0.138 e. The molecule has 0 saturated carbocycles. The van der Waals surface area contributed by atoms with Crippen LogP contribution in [0.1, 0.15) is 18.7 Å². The minimum atomic E-state index is -0.307. The van der Waals surface area contributed by atoms with Crippen LogP contribution in [0.2, 0.25) is 0 Å². The van der Waals surface area contributed by atoms with Crippen molar-refractivity contribution in [3.8, 4) is 6.07 Å². The molecule has 13 heavy (non-hydrogen) atoms. The largest absolute Gasteiger partial charge is 0.297 e. The second kappa shape index (κ2) is 4.95. The first-order valence-corrected chi connectivity index (χ1v) is 4.81. The summed E-state index contributed by atoms with van der Waals surface area (Å²) >= 11 is 3.29. The number of nitrogens with one attached hydrogen (secondary N) is 1. The number of nitriles is 1. The molecular formula is C9H10BrN3. The molecule has 0 bridgehead atoms. The van der Waals surface area contributed by atoms with Gasteiger partial charge in [0.15, 0.2) is 0 Å². The predicted octanol–water partition coefficient (Wildman–Crippen LogP) is 2.02. The van der Waals surface area contributed by atoms with E-state index in [9.17, 15) is 0 Å². The molecule has 0 amide bonds. The fraction of sp³-hybridized carbons (Fsp3) is 0.333. The van der Waals surface area contributed by atoms with E-state index < -0.39 is 0 Å². The van der Waals surface area contributed by atoms with Crippen LogP contribution in [-0.2, 0) is 0 Å². The molecule has 68 valence electrons. The minimum Gasteiger partial charge on any atom is -0.297 e. The lowest BCUT2D eigenvalue weighted by Gasteiger charge is -2.08. The molecule has 0 spiro atoms. The van der Waals surface area contributed by atoms with Crippen LogP contribution in [0.15, 0.2) is 22.8 Å². The zero-order chi connectivity index (χ0) is 9.68. The Labute approximate surface area is 85.9 Å². The number of hydrogen-bond donors (Lipinski definition) is 1. The molecule has 0 saturated heterocycles. The predicted molar refractivity (Wildman–Crippen MR) is 54.0 cm³/mol. The van der Waals surface area contributed by atoms with E-state index in [4.69, 9.17) is 5.26 Å². The van der Waals surface area contributed by atoms with Gasteiger partial charge in [-0.25, -0.2) is 0 Å². The number of nitrogens with zero attached hydrogens (tertiary/aromatic N) is 2. The Bertz CT molecular complexity index is 302. The Kier molecular flexibility index (Phi) is 3.87. The molecule has 4 heteroatoms. The third-order valence-corrected chi connectivity index (χ3v) is 2.05. The van der Waals surface area contributed by atoms with Crippen LogP contribution in [0.3, 0.4) is 0 Å². The smallest absolute Gasteiger partial charge is 0.138 e. The van der Waals surface area contributed by atoms with E-state index in [2.05, 4.69) is 32.3 Å². The fourth-order valence-corrected chi connectivity index (χ4v) is 1.21. The summed E-state index contributed by atoms with van der Waals surface area (Å²) in [4.78, 5) is 4.14. The van der Waals surface area contributed by atoms with Crippen molar-refractivity contribution in [2.75, 3.05) is 6.54 Å². The van der Waals surface area contributed by atoms with Gasteiger partial charge >= 0.3 is 0 Å². The Morgan fingerprint density at radius 2 is 2.46 bits per heavy atom. The van der Waals surface area contributed by atoms with E-state index in [1.54, 1.807) is 6.20 Å². The molecule has 0 aliphatic carbocycles. The third kappa shape index (κ3) is 2.79. The number of rotatable bonds is 3. The van der Waals surface area contributed by atoms with E-state index in [-0.39, 0.29) is 6.04 Å². The minimum absolute atomic E-state index is 0.307. The summed E-state index contributed by atoms with van der Waals surface area (Å²) < 4.78 is 0.921. The second-order valence-electron chi connectivity index (χ2n) is 2.52. The quantitative estimate of drug-likeness (QED) is 0.879. The summed E-state index contributed by atoms with van der Waals surface area (Å²) in [5, 5.41) is 11.8. The van der Waals surface area contributed by atoms with Crippen molar-refractivity contribution in [1.82, 2.24) is 10.3 Å². The first-order valence-electron chi connectivity index (χ1n) is 4.02. The lowest BCUT2D eigenvalue weighted by Crippen LogP contribution is -2.20. The normalized spacial score (nSPS) is 12.1. The lowest BCUT2D eigenvalue weighted by atomic mass is 10.2. The van der Waals surface area contributed by atoms with Gasteiger partial charge in [-0.2, -0.15) is 5.26 Å². The molecule has 1 heterocycles. The van der Waals surface area contributed by atoms with E-state index in [1.165, 1.54) is 0 Å². The number of aromatic nitrogens is 1. The molecule has 1 N–H and O–H groups in total. The van der Waals surface area contributed by atoms with Gasteiger partial charge in [-0.1, -0.05) is 6.92 Å². The number of hydrogen-bond acceptors (Lipinski definition) is 3. The average Bonchev–Trinajstić information content (AvgIpc) is 2.16. The summed E-state index contributed by atoms with van der Waals surface area (Å²) in [6.07, 6.45) is 1.69. The van der Waals surface area contributed by atoms with Crippen molar-refractivity contribution < 1.29 is 0 Å². The van der Waals surface area contributed by atoms with Crippen LogP contribution in [0, 0.1) is 11.3 Å². The lowest BCUT2D eigenvalue weighted by molar-refractivity contribution is 0.642. The van der Waals surface area contributed by atoms with E-state index in [0.29, 0.717) is 0 Å². The van der Waals surface area contributed by atoms with Gasteiger partial charge in [-0.3, -0.25) is 10.3 Å². The average molecular weight is 240 g/mol. The molecular weight excluding hydrogens is 230 g/mol. The molecule has 0 fully saturated rings. The van der Waals surface area contributed by atoms with E-state index in [0.717, 1.165) is 16.7 Å². The number of pyridine rings is 1. The molecule has 0 aromatic carbocycles. The zero-order valence-electron chi connectivity index (χ0n) is 7.29. The fourth-order valence-electron chi connectivity index (χ4n) is 0.978. The molecule has 0 aliphatic rings. The summed E-state index contributed by atoms with van der Waals surface area (Å²) in [5.41, 5.74) is 0.757. The molecule has 0 radical (unpaired) electrons. The molecule has 1 aromatic heterocycles. The SMILES string of the molecule is CCNC(C#N)c1ccc(Br)cn1. The van der Waals surface area contributed by atoms with Crippen molar-refractivity contribution in [2.45, 2.75) is 13.0 Å². The van der Waals surface area contributed by atoms with Gasteiger partial charge in [0.25, 0.3) is 0 Å². The standard InChI is InChI=1S/C9H10BrN3/c1-2-12-9(5-11)8-4-3-7(10)6-13-8/h3-4,6,9,12H,2H2,1H3. The van der Waals surface area contributed by atoms with Gasteiger partial charge in [-0.05, 0) is 34.6 Å². The summed E-state index contributed by atoms with van der Waals surface area (Å²) in [6.45, 7) is 2.72. The van der Waals surface area contributed by atoms with Crippen LogP contribution < -0.4 is 5.32 Å². The molecule has 1 atom stereocenters. The monoisotopic (exact) mass is 239 g/mol. The van der Waals surface area contributed by atoms with Crippen molar-refractivity contribution in [1.29, 1.82) is 5.26 Å². The highest BCUT2D eigenvalue weighted by Gasteiger charge is 2.08. The third-order valence-electron chi connectivity index (χ3n) is 1.58. The Morgan fingerprint density at radius 3 is 2.92 bits per heavy atom. The topological polar surface area (TPSA) is 48.7 Å². The molecule has 1 rings (SSSR count). The Hall–Kier alpha value is -0.920. The van der Waals surface area contributed by atoms with Gasteiger partial charge in [0.05, 0.1) is 11.8 Å². The highest BCUT2D eigenvalue weighted by atomic mass is 79.9. The molecule has 3 nitrogen and oxygen atoms in total. The van der Waals surface area contributed by atoms with Gasteiger partial charge in [0, 0.05) is 10.7 Å². The van der Waals surface area contributed by atoms with Gasteiger partial charge < -0.3 is 0 Å². The van der Waals surface area contributed by atoms with E-state index >= 15 is 0 Å². The molecule has 1 unspecified atom stereocenters. The van der Waals surface area contributed by atoms with Crippen LogP contribution in [0.5, 0.6) is 0 Å². The van der Waals surface area contributed by atoms with Gasteiger partial charge in [0.2, 0.25) is 0 Å². The van der Waals surface area contributed by atoms with Gasteiger partial charge in [0.1, 0.15) is 6.04 Å². The van der Waals surface area contributed by atoms with Crippen LogP contribution >= 0.6 is 15.9 Å². The Morgan fingerprint density at radius 1 is 1.69 bits per heavy atom. The summed E-state index contributed by atoms with van der Waals surface area (Å²) in [5.74, 6) is 0. The maximum absolute atomic E-state index is 8.82. The van der Waals surface area contributed by atoms with E-state index in [1.807, 2.05) is 19.1 Å². The van der Waals surface area contributed by atoms with Gasteiger partial charge in [-0.15, -0.1) is 0 Å². The first kappa shape index (κ1) is 10.2. The van der Waals surface area contributed by atoms with Crippen molar-refractivity contribution in [2.24, 2.45) is 0 Å². The highest BCUT2D eigenvalue weighted by Crippen LogP contribution is 2.12. The van der Waals surface area contributed by atoms with Crippen molar-refractivity contribution >= 4 is 15.9 Å². The first-order chi connectivity index (χ1) is 6.27. The summed E-state index contributed by atoms with van der Waals surface area (Å²) in [7, 11) is 0. The molecule has 0 aliphatic heterocycles. The summed E-state index contributed by atoms with van der Waals surface area (Å²) in [6, 6.07) is 5.56. The van der Waals surface area contributed by atoms with Crippen molar-refractivity contribution in [3.63, 3.8) is 0 Å².